The zero-order valence-corrected chi connectivity index (χ0v) is 22.9. The quantitative estimate of drug-likeness (QED) is 0.157. The fourth-order valence-corrected chi connectivity index (χ4v) is 3.95. The van der Waals surface area contributed by atoms with Gasteiger partial charge in [-0.1, -0.05) is 24.3 Å². The summed E-state index contributed by atoms with van der Waals surface area (Å²) in [7, 11) is 0. The second-order valence-corrected chi connectivity index (χ2v) is 9.05. The van der Waals surface area contributed by atoms with Gasteiger partial charge >= 0.3 is 24.1 Å². The number of carbonyl (C=O) groups excluding carboxylic acids is 2. The Morgan fingerprint density at radius 1 is 1.00 bits per heavy atom. The number of urea groups is 1. The Bertz CT molecular complexity index is 1580. The van der Waals surface area contributed by atoms with E-state index in [1.807, 2.05) is 22.9 Å². The molecule has 2 aromatic carbocycles. The van der Waals surface area contributed by atoms with Gasteiger partial charge in [-0.05, 0) is 48.9 Å². The molecule has 0 saturated carbocycles. The molecule has 2 heterocycles. The number of aromatic nitrogens is 3. The molecule has 3 amide bonds. The number of carboxylic acid groups (broad SMARTS) is 2. The van der Waals surface area contributed by atoms with Crippen molar-refractivity contribution in [3.63, 3.8) is 0 Å². The van der Waals surface area contributed by atoms with E-state index in [1.54, 1.807) is 60.9 Å². The number of nitrogens with zero attached hydrogens (tertiary/aromatic N) is 4. The van der Waals surface area contributed by atoms with Crippen LogP contribution in [0.5, 0.6) is 0 Å². The van der Waals surface area contributed by atoms with Gasteiger partial charge in [0.25, 0.3) is 5.91 Å². The molecule has 0 radical (unpaired) electrons. The fourth-order valence-electron chi connectivity index (χ4n) is 3.95. The lowest BCUT2D eigenvalue weighted by Crippen LogP contribution is -2.53. The Morgan fingerprint density at radius 3 is 2.27 bits per heavy atom. The second-order valence-electron chi connectivity index (χ2n) is 9.05. The van der Waals surface area contributed by atoms with Crippen molar-refractivity contribution < 1.29 is 42.6 Å². The van der Waals surface area contributed by atoms with Gasteiger partial charge in [-0.3, -0.25) is 14.4 Å². The van der Waals surface area contributed by atoms with Crippen molar-refractivity contribution in [2.24, 2.45) is 5.73 Å². The highest BCUT2D eigenvalue weighted by Gasteiger charge is 2.38. The number of pyridine rings is 1. The fraction of sp³-hybridized carbons (Fsp3) is 0.214. The van der Waals surface area contributed by atoms with Crippen molar-refractivity contribution >= 4 is 46.3 Å². The van der Waals surface area contributed by atoms with Gasteiger partial charge in [-0.2, -0.15) is 18.3 Å². The van der Waals surface area contributed by atoms with Crippen LogP contribution >= 0.6 is 0 Å². The number of primary amides is 1. The van der Waals surface area contributed by atoms with E-state index < -0.39 is 36.1 Å². The van der Waals surface area contributed by atoms with Crippen LogP contribution in [0.3, 0.4) is 0 Å². The smallest absolute Gasteiger partial charge is 0.480 e. The van der Waals surface area contributed by atoms with Crippen LogP contribution in [-0.4, -0.2) is 74.2 Å². The predicted octanol–water partition coefficient (Wildman–Crippen LogP) is 3.34. The second kappa shape index (κ2) is 15.0. The number of benzene rings is 2. The van der Waals surface area contributed by atoms with Gasteiger partial charge in [0.05, 0.1) is 11.7 Å². The van der Waals surface area contributed by atoms with Crippen molar-refractivity contribution in [2.75, 3.05) is 23.3 Å². The number of halogens is 3. The lowest BCUT2D eigenvalue weighted by molar-refractivity contribution is -0.192. The number of aryl methyl sites for hydroxylation is 1. The third kappa shape index (κ3) is 9.17. The van der Waals surface area contributed by atoms with Gasteiger partial charge in [0.1, 0.15) is 5.82 Å². The van der Waals surface area contributed by atoms with Gasteiger partial charge in [-0.25, -0.2) is 19.4 Å². The van der Waals surface area contributed by atoms with E-state index in [0.717, 1.165) is 34.6 Å². The molecule has 0 saturated heterocycles. The largest absolute Gasteiger partial charge is 0.490 e. The SMILES string of the molecule is NC(=O)N(c1ccccc1)C(CNC(=O)c1ccc2c(cnn2CCCNc2ccccn2)c1)C(=O)O.O=C(O)C(F)(F)F. The van der Waals surface area contributed by atoms with Crippen molar-refractivity contribution in [2.45, 2.75) is 25.2 Å². The minimum atomic E-state index is -5.08. The maximum atomic E-state index is 12.8. The van der Waals surface area contributed by atoms with Crippen LogP contribution in [0.25, 0.3) is 10.9 Å². The number of fused-ring (bicyclic) bond motifs is 1. The molecule has 6 N–H and O–H groups in total. The number of para-hydroxylation sites is 1. The zero-order valence-electron chi connectivity index (χ0n) is 22.9. The molecule has 0 aliphatic heterocycles. The monoisotopic (exact) mass is 615 g/mol. The topological polar surface area (TPSA) is 193 Å². The Morgan fingerprint density at radius 2 is 1.68 bits per heavy atom. The van der Waals surface area contributed by atoms with Crippen LogP contribution < -0.4 is 21.3 Å². The molecular weight excluding hydrogens is 587 g/mol. The predicted molar refractivity (Wildman–Crippen MR) is 153 cm³/mol. The van der Waals surface area contributed by atoms with Gasteiger partial charge < -0.3 is 26.6 Å². The van der Waals surface area contributed by atoms with Crippen LogP contribution in [-0.2, 0) is 16.1 Å². The third-order valence-electron chi connectivity index (χ3n) is 5.99. The maximum absolute atomic E-state index is 12.8. The summed E-state index contributed by atoms with van der Waals surface area (Å²) in [6, 6.07) is 16.7. The van der Waals surface area contributed by atoms with E-state index in [9.17, 15) is 32.7 Å². The van der Waals surface area contributed by atoms with E-state index in [2.05, 4.69) is 20.7 Å². The number of aliphatic carboxylic acids is 2. The summed E-state index contributed by atoms with van der Waals surface area (Å²) in [5.41, 5.74) is 7.00. The molecule has 13 nitrogen and oxygen atoms in total. The third-order valence-corrected chi connectivity index (χ3v) is 5.99. The summed E-state index contributed by atoms with van der Waals surface area (Å²) in [6.45, 7) is 1.08. The Balaban J connectivity index is 0.000000676. The van der Waals surface area contributed by atoms with E-state index >= 15 is 0 Å². The van der Waals surface area contributed by atoms with E-state index in [-0.39, 0.29) is 6.54 Å². The van der Waals surface area contributed by atoms with Gasteiger partial charge in [0, 0.05) is 42.5 Å². The molecule has 0 aliphatic rings. The summed E-state index contributed by atoms with van der Waals surface area (Å²) in [5.74, 6) is -3.71. The lowest BCUT2D eigenvalue weighted by atomic mass is 10.1. The standard InChI is InChI=1S/C26H27N7O4.C2HF3O2/c27-26(37)33(20-7-2-1-3-8-20)22(25(35)36)17-30-24(34)18-10-11-21-19(15-18)16-31-32(21)14-6-13-29-23-9-4-5-12-28-23;3-2(4,5)1(6)7/h1-5,7-12,15-16,22H,6,13-14,17H2,(H2,27,37)(H,28,29)(H,30,34)(H,35,36);(H,6,7). The molecule has 0 spiro atoms. The van der Waals surface area contributed by atoms with Gasteiger partial charge in [-0.15, -0.1) is 0 Å². The van der Waals surface area contributed by atoms with Crippen molar-refractivity contribution in [1.29, 1.82) is 0 Å². The molecule has 44 heavy (non-hydrogen) atoms. The number of nitrogens with two attached hydrogens (primary N) is 1. The van der Waals surface area contributed by atoms with Crippen molar-refractivity contribution in [3.8, 4) is 0 Å². The highest BCUT2D eigenvalue weighted by atomic mass is 19.4. The minimum absolute atomic E-state index is 0.320. The molecule has 1 unspecified atom stereocenters. The summed E-state index contributed by atoms with van der Waals surface area (Å²) >= 11 is 0. The molecule has 232 valence electrons. The molecule has 2 aromatic heterocycles. The van der Waals surface area contributed by atoms with Crippen LogP contribution in [0.4, 0.5) is 29.5 Å². The molecule has 0 aliphatic carbocycles. The molecular formula is C28H28F3N7O6. The van der Waals surface area contributed by atoms with E-state index in [1.165, 1.54) is 0 Å². The molecule has 0 bridgehead atoms. The number of nitrogens with one attached hydrogen (secondary N) is 2. The van der Waals surface area contributed by atoms with Gasteiger partial charge in [0.2, 0.25) is 0 Å². The van der Waals surface area contributed by atoms with Crippen LogP contribution in [0, 0.1) is 0 Å². The lowest BCUT2D eigenvalue weighted by Gasteiger charge is -2.27. The summed E-state index contributed by atoms with van der Waals surface area (Å²) < 4.78 is 33.6. The number of carboxylic acids is 2. The summed E-state index contributed by atoms with van der Waals surface area (Å²) in [6.07, 6.45) is -0.845. The Kier molecular flexibility index (Phi) is 11.2. The summed E-state index contributed by atoms with van der Waals surface area (Å²) in [5, 5.41) is 27.9. The van der Waals surface area contributed by atoms with Crippen molar-refractivity contribution in [3.05, 3.63) is 84.7 Å². The highest BCUT2D eigenvalue weighted by Crippen LogP contribution is 2.18. The molecule has 16 heteroatoms. The Hall–Kier alpha value is -5.67. The molecule has 0 fully saturated rings. The highest BCUT2D eigenvalue weighted by molar-refractivity contribution is 6.00. The molecule has 1 atom stereocenters. The first kappa shape index (κ1) is 32.8. The normalized spacial score (nSPS) is 11.5. The number of amides is 3. The number of alkyl halides is 3. The van der Waals surface area contributed by atoms with Crippen LogP contribution in [0.2, 0.25) is 0 Å². The number of hydrogen-bond donors (Lipinski definition) is 5. The van der Waals surface area contributed by atoms with Gasteiger partial charge in [0.15, 0.2) is 6.04 Å². The van der Waals surface area contributed by atoms with E-state index in [0.29, 0.717) is 17.8 Å². The van der Waals surface area contributed by atoms with E-state index in [4.69, 9.17) is 15.6 Å². The molecule has 4 aromatic rings. The van der Waals surface area contributed by atoms with Crippen LogP contribution in [0.15, 0.2) is 79.1 Å². The first-order valence-corrected chi connectivity index (χ1v) is 12.9. The number of rotatable bonds is 11. The first-order chi connectivity index (χ1) is 20.9. The number of anilines is 2. The maximum Gasteiger partial charge on any atom is 0.490 e. The number of hydrogen-bond acceptors (Lipinski definition) is 7. The minimum Gasteiger partial charge on any atom is -0.480 e. The summed E-state index contributed by atoms with van der Waals surface area (Å²) in [4.78, 5) is 50.8. The molecule has 4 rings (SSSR count). The van der Waals surface area contributed by atoms with Crippen molar-refractivity contribution in [1.82, 2.24) is 20.1 Å². The first-order valence-electron chi connectivity index (χ1n) is 12.9. The Labute approximate surface area is 248 Å². The van der Waals surface area contributed by atoms with Crippen LogP contribution in [0.1, 0.15) is 16.8 Å². The zero-order chi connectivity index (χ0) is 32.3. The number of carbonyl (C=O) groups is 4. The average molecular weight is 616 g/mol. The average Bonchev–Trinajstić information content (AvgIpc) is 3.40.